The predicted molar refractivity (Wildman–Crippen MR) is 137 cm³/mol. The van der Waals surface area contributed by atoms with E-state index >= 15 is 0 Å². The third-order valence-electron chi connectivity index (χ3n) is 6.08. The highest BCUT2D eigenvalue weighted by Gasteiger charge is 2.27. The first-order valence-corrected chi connectivity index (χ1v) is 12.9. The van der Waals surface area contributed by atoms with Crippen LogP contribution in [0.4, 0.5) is 0 Å². The fraction of sp³-hybridized carbons (Fsp3) is 0.400. The zero-order valence-corrected chi connectivity index (χ0v) is 21.0. The lowest BCUT2D eigenvalue weighted by Gasteiger charge is -2.19. The van der Waals surface area contributed by atoms with Crippen molar-refractivity contribution in [3.05, 3.63) is 69.3 Å². The molecule has 3 aromatic rings. The minimum absolute atomic E-state index is 0.0235. The normalized spacial score (nSPS) is 17.4. The molecule has 4 rings (SSSR count). The first-order valence-electron chi connectivity index (χ1n) is 11.2. The largest absolute Gasteiger partial charge is 0.351 e. The van der Waals surface area contributed by atoms with Crippen molar-refractivity contribution in [2.45, 2.75) is 56.7 Å². The third kappa shape index (κ3) is 5.23. The summed E-state index contributed by atoms with van der Waals surface area (Å²) in [6.07, 6.45) is 2.63. The lowest BCUT2D eigenvalue weighted by molar-refractivity contribution is -0.120. The van der Waals surface area contributed by atoms with Gasteiger partial charge in [-0.05, 0) is 38.3 Å². The van der Waals surface area contributed by atoms with Crippen LogP contribution in [0.15, 0.2) is 52.9 Å². The molecule has 2 atom stereocenters. The second-order valence-corrected chi connectivity index (χ2v) is 11.0. The fourth-order valence-corrected chi connectivity index (χ4v) is 6.15. The second kappa shape index (κ2) is 10.2. The summed E-state index contributed by atoms with van der Waals surface area (Å²) in [5.41, 5.74) is 2.20. The van der Waals surface area contributed by atoms with Gasteiger partial charge in [0.15, 0.2) is 5.16 Å². The maximum atomic E-state index is 13.2. The van der Waals surface area contributed by atoms with Gasteiger partial charge in [0.1, 0.15) is 4.83 Å². The topological polar surface area (TPSA) is 67.2 Å². The van der Waals surface area contributed by atoms with Crippen LogP contribution in [0.5, 0.6) is 0 Å². The van der Waals surface area contributed by atoms with E-state index in [9.17, 15) is 9.59 Å². The molecule has 1 aliphatic heterocycles. The van der Waals surface area contributed by atoms with Crippen molar-refractivity contribution in [1.82, 2.24) is 19.8 Å². The lowest BCUT2D eigenvalue weighted by atomic mass is 10.2. The zero-order chi connectivity index (χ0) is 23.5. The number of allylic oxidation sites excluding steroid dienone is 1. The number of fused-ring (bicyclic) bond motifs is 1. The van der Waals surface area contributed by atoms with E-state index in [1.165, 1.54) is 28.7 Å². The van der Waals surface area contributed by atoms with Gasteiger partial charge >= 0.3 is 0 Å². The third-order valence-corrected chi connectivity index (χ3v) is 8.28. The number of amides is 1. The van der Waals surface area contributed by atoms with Crippen molar-refractivity contribution >= 4 is 39.2 Å². The van der Waals surface area contributed by atoms with Gasteiger partial charge in [0.05, 0.1) is 10.6 Å². The first-order chi connectivity index (χ1) is 15.9. The van der Waals surface area contributed by atoms with Crippen LogP contribution in [0.3, 0.4) is 0 Å². The average Bonchev–Trinajstić information content (AvgIpc) is 3.34. The molecule has 6 nitrogen and oxygen atoms in total. The van der Waals surface area contributed by atoms with Gasteiger partial charge in [-0.2, -0.15) is 0 Å². The van der Waals surface area contributed by atoms with Crippen molar-refractivity contribution in [3.63, 3.8) is 0 Å². The molecule has 0 bridgehead atoms. The molecule has 1 fully saturated rings. The molecular formula is C25H30N4O2S2. The first kappa shape index (κ1) is 23.7. The molecule has 2 unspecified atom stereocenters. The van der Waals surface area contributed by atoms with E-state index in [-0.39, 0.29) is 22.8 Å². The Morgan fingerprint density at radius 2 is 2.12 bits per heavy atom. The maximum absolute atomic E-state index is 13.2. The Labute approximate surface area is 202 Å². The number of hydrogen-bond acceptors (Lipinski definition) is 6. The summed E-state index contributed by atoms with van der Waals surface area (Å²) in [6, 6.07) is 10.5. The second-order valence-electron chi connectivity index (χ2n) is 8.54. The Bertz CT molecular complexity index is 1220. The van der Waals surface area contributed by atoms with Crippen LogP contribution in [-0.2, 0) is 17.9 Å². The van der Waals surface area contributed by atoms with E-state index in [0.717, 1.165) is 41.3 Å². The lowest BCUT2D eigenvalue weighted by Crippen LogP contribution is -2.41. The molecule has 1 saturated heterocycles. The minimum atomic E-state index is -0.365. The van der Waals surface area contributed by atoms with Crippen LogP contribution in [0.2, 0.25) is 0 Å². The number of aromatic nitrogens is 2. The summed E-state index contributed by atoms with van der Waals surface area (Å²) in [5, 5.41) is 4.07. The van der Waals surface area contributed by atoms with Crippen LogP contribution in [0.1, 0.15) is 29.3 Å². The Hall–Kier alpha value is -2.42. The number of benzene rings is 1. The number of rotatable bonds is 8. The summed E-state index contributed by atoms with van der Waals surface area (Å²) >= 11 is 2.86. The van der Waals surface area contributed by atoms with Gasteiger partial charge in [0.2, 0.25) is 5.91 Å². The Balaban J connectivity index is 1.43. The van der Waals surface area contributed by atoms with Gasteiger partial charge in [-0.1, -0.05) is 48.2 Å². The van der Waals surface area contributed by atoms with E-state index in [2.05, 4.69) is 41.1 Å². The summed E-state index contributed by atoms with van der Waals surface area (Å²) in [6.45, 7) is 12.7. The zero-order valence-electron chi connectivity index (χ0n) is 19.3. The van der Waals surface area contributed by atoms with Gasteiger partial charge in [0, 0.05) is 37.1 Å². The molecule has 174 valence electrons. The highest BCUT2D eigenvalue weighted by Crippen LogP contribution is 2.30. The van der Waals surface area contributed by atoms with Crippen LogP contribution in [-0.4, -0.2) is 44.7 Å². The monoisotopic (exact) mass is 482 g/mol. The maximum Gasteiger partial charge on any atom is 0.263 e. The molecule has 0 saturated carbocycles. The van der Waals surface area contributed by atoms with Gasteiger partial charge in [-0.15, -0.1) is 17.9 Å². The number of thiophene rings is 1. The summed E-state index contributed by atoms with van der Waals surface area (Å²) in [4.78, 5) is 35.1. The highest BCUT2D eigenvalue weighted by molar-refractivity contribution is 8.00. The van der Waals surface area contributed by atoms with Gasteiger partial charge in [-0.3, -0.25) is 19.1 Å². The molecule has 1 aliphatic rings. The molecule has 0 aliphatic carbocycles. The summed E-state index contributed by atoms with van der Waals surface area (Å²) in [7, 11) is 0. The highest BCUT2D eigenvalue weighted by atomic mass is 32.2. The molecule has 2 aromatic heterocycles. The molecule has 33 heavy (non-hydrogen) atoms. The Kier molecular flexibility index (Phi) is 7.36. The molecule has 0 spiro atoms. The minimum Gasteiger partial charge on any atom is -0.351 e. The van der Waals surface area contributed by atoms with Crippen molar-refractivity contribution in [1.29, 1.82) is 0 Å². The standard InChI is InChI=1S/C25H30N4O2S2/c1-5-12-29-24(31)21-16(2)17(3)32-23(21)27-25(29)33-18(4)22(30)26-20-11-13-28(15-20)14-19-9-7-6-8-10-19/h5-10,18,20H,1,11-15H2,2-4H3,(H,26,30). The molecule has 1 aromatic carbocycles. The van der Waals surface area contributed by atoms with Crippen LogP contribution in [0, 0.1) is 13.8 Å². The van der Waals surface area contributed by atoms with Crippen LogP contribution < -0.4 is 10.9 Å². The predicted octanol–water partition coefficient (Wildman–Crippen LogP) is 4.13. The summed E-state index contributed by atoms with van der Waals surface area (Å²) in [5.74, 6) is -0.0235. The number of hydrogen-bond donors (Lipinski definition) is 1. The number of carbonyl (C=O) groups is 1. The van der Waals surface area contributed by atoms with Gasteiger partial charge < -0.3 is 5.32 Å². The van der Waals surface area contributed by atoms with Gasteiger partial charge in [-0.25, -0.2) is 4.98 Å². The Morgan fingerprint density at radius 1 is 1.36 bits per heavy atom. The van der Waals surface area contributed by atoms with E-state index in [1.807, 2.05) is 26.8 Å². The number of thioether (sulfide) groups is 1. The Morgan fingerprint density at radius 3 is 2.85 bits per heavy atom. The number of carbonyl (C=O) groups excluding carboxylic acids is 1. The number of nitrogens with one attached hydrogen (secondary N) is 1. The molecular weight excluding hydrogens is 452 g/mol. The SMILES string of the molecule is C=CCn1c(SC(C)C(=O)NC2CCN(Cc3ccccc3)C2)nc2sc(C)c(C)c2c1=O. The number of aryl methyl sites for hydroxylation is 2. The van der Waals surface area contributed by atoms with E-state index in [1.54, 1.807) is 10.6 Å². The number of likely N-dealkylation sites (tertiary alicyclic amines) is 1. The van der Waals surface area contributed by atoms with Crippen molar-refractivity contribution < 1.29 is 4.79 Å². The fourth-order valence-electron chi connectivity index (χ4n) is 4.15. The van der Waals surface area contributed by atoms with Crippen molar-refractivity contribution in [2.24, 2.45) is 0 Å². The average molecular weight is 483 g/mol. The van der Waals surface area contributed by atoms with Crippen molar-refractivity contribution in [2.75, 3.05) is 13.1 Å². The molecule has 1 amide bonds. The van der Waals surface area contributed by atoms with Gasteiger partial charge in [0.25, 0.3) is 5.56 Å². The van der Waals surface area contributed by atoms with Crippen molar-refractivity contribution in [3.8, 4) is 0 Å². The van der Waals surface area contributed by atoms with E-state index < -0.39 is 0 Å². The summed E-state index contributed by atoms with van der Waals surface area (Å²) < 4.78 is 1.63. The quantitative estimate of drug-likeness (QED) is 0.297. The van der Waals surface area contributed by atoms with Crippen LogP contribution in [0.25, 0.3) is 10.2 Å². The molecule has 1 N–H and O–H groups in total. The smallest absolute Gasteiger partial charge is 0.263 e. The van der Waals surface area contributed by atoms with E-state index in [4.69, 9.17) is 4.98 Å². The number of nitrogens with zero attached hydrogens (tertiary/aromatic N) is 3. The molecule has 3 heterocycles. The molecule has 0 radical (unpaired) electrons. The molecule has 8 heteroatoms. The van der Waals surface area contributed by atoms with Crippen LogP contribution >= 0.6 is 23.1 Å². The van der Waals surface area contributed by atoms with E-state index in [0.29, 0.717) is 17.1 Å².